The highest BCUT2D eigenvalue weighted by Crippen LogP contribution is 2.47. The summed E-state index contributed by atoms with van der Waals surface area (Å²) >= 11 is 3.74. The Morgan fingerprint density at radius 2 is 1.08 bits per heavy atom. The van der Waals surface area contributed by atoms with Crippen molar-refractivity contribution in [2.45, 2.75) is 9.79 Å². The third-order valence-electron chi connectivity index (χ3n) is 6.91. The summed E-state index contributed by atoms with van der Waals surface area (Å²) < 4.78 is 1.31. The van der Waals surface area contributed by atoms with Crippen LogP contribution in [0.4, 0.5) is 17.1 Å². The second-order valence-electron chi connectivity index (χ2n) is 9.42. The minimum atomic E-state index is 1.14. The summed E-state index contributed by atoms with van der Waals surface area (Å²) in [5.74, 6) is 0. The third-order valence-corrected chi connectivity index (χ3v) is 9.37. The number of benzene rings is 6. The number of hydrogen-bond donors (Lipinski definition) is 0. The van der Waals surface area contributed by atoms with Crippen molar-refractivity contribution >= 4 is 61.0 Å². The van der Waals surface area contributed by atoms with Crippen LogP contribution in [0.15, 0.2) is 161 Å². The first-order valence-corrected chi connectivity index (χ1v) is 14.7. The zero-order valence-electron chi connectivity index (χ0n) is 21.2. The molecule has 0 fully saturated rings. The van der Waals surface area contributed by atoms with E-state index in [1.807, 2.05) is 23.1 Å². The second-order valence-corrected chi connectivity index (χ2v) is 11.6. The van der Waals surface area contributed by atoms with Crippen LogP contribution in [0.3, 0.4) is 0 Å². The molecule has 7 aromatic rings. The lowest BCUT2D eigenvalue weighted by molar-refractivity contribution is 1.28. The predicted molar refractivity (Wildman–Crippen MR) is 170 cm³/mol. The number of fused-ring (bicyclic) bond motifs is 2. The van der Waals surface area contributed by atoms with Gasteiger partial charge in [-0.1, -0.05) is 109 Å². The van der Waals surface area contributed by atoms with E-state index in [-0.39, 0.29) is 0 Å². The van der Waals surface area contributed by atoms with E-state index in [9.17, 15) is 0 Å². The topological polar surface area (TPSA) is 3.24 Å². The van der Waals surface area contributed by atoms with Gasteiger partial charge in [-0.15, -0.1) is 11.3 Å². The maximum Gasteiger partial charge on any atom is 0.0494 e. The lowest BCUT2D eigenvalue weighted by Gasteiger charge is -2.25. The normalized spacial score (nSPS) is 11.2. The maximum atomic E-state index is 2.31. The van der Waals surface area contributed by atoms with E-state index in [0.29, 0.717) is 0 Å². The van der Waals surface area contributed by atoms with Gasteiger partial charge in [0.15, 0.2) is 0 Å². The van der Waals surface area contributed by atoms with E-state index in [1.165, 1.54) is 41.1 Å². The Balaban J connectivity index is 1.30. The van der Waals surface area contributed by atoms with Crippen molar-refractivity contribution in [2.24, 2.45) is 0 Å². The highest BCUT2D eigenvalue weighted by atomic mass is 32.2. The molecule has 0 saturated carbocycles. The summed E-state index contributed by atoms with van der Waals surface area (Å²) in [6.45, 7) is 0. The van der Waals surface area contributed by atoms with Crippen LogP contribution in [-0.2, 0) is 0 Å². The number of anilines is 3. The van der Waals surface area contributed by atoms with Crippen molar-refractivity contribution in [1.29, 1.82) is 0 Å². The molecule has 0 aliphatic heterocycles. The van der Waals surface area contributed by atoms with Crippen LogP contribution in [0.5, 0.6) is 0 Å². The summed E-state index contributed by atoms with van der Waals surface area (Å²) in [6, 6.07) is 54.2. The molecule has 0 amide bonds. The molecule has 0 spiro atoms. The molecule has 186 valence electrons. The molecule has 1 nitrogen and oxygen atoms in total. The molecule has 1 heterocycles. The van der Waals surface area contributed by atoms with E-state index in [2.05, 4.69) is 157 Å². The van der Waals surface area contributed by atoms with Crippen molar-refractivity contribution in [3.63, 3.8) is 0 Å². The fourth-order valence-corrected chi connectivity index (χ4v) is 7.50. The van der Waals surface area contributed by atoms with Gasteiger partial charge in [-0.2, -0.15) is 0 Å². The Labute approximate surface area is 237 Å². The van der Waals surface area contributed by atoms with Crippen LogP contribution in [0.1, 0.15) is 0 Å². The highest BCUT2D eigenvalue weighted by molar-refractivity contribution is 8.00. The van der Waals surface area contributed by atoms with E-state index in [4.69, 9.17) is 0 Å². The van der Waals surface area contributed by atoms with Crippen LogP contribution in [-0.4, -0.2) is 0 Å². The molecule has 0 atom stereocenters. The molecule has 3 heteroatoms. The molecule has 1 aromatic heterocycles. The second kappa shape index (κ2) is 10.5. The first kappa shape index (κ1) is 23.8. The Hall–Kier alpha value is -4.31. The van der Waals surface area contributed by atoms with E-state index >= 15 is 0 Å². The number of thiophene rings is 1. The SMILES string of the molecule is c1ccc(N(c2ccccc2)c2ccc(-c3sc4ccccc4c3Sc3ccc4ccccc4c3)cc2)cc1. The summed E-state index contributed by atoms with van der Waals surface area (Å²) in [5.41, 5.74) is 4.67. The summed E-state index contributed by atoms with van der Waals surface area (Å²) in [6.07, 6.45) is 0. The van der Waals surface area contributed by atoms with E-state index in [1.54, 1.807) is 0 Å². The minimum absolute atomic E-state index is 1.14. The average molecular weight is 536 g/mol. The first-order valence-electron chi connectivity index (χ1n) is 13.0. The van der Waals surface area contributed by atoms with Crippen LogP contribution in [0.25, 0.3) is 31.3 Å². The molecule has 0 radical (unpaired) electrons. The number of nitrogens with zero attached hydrogens (tertiary/aromatic N) is 1. The van der Waals surface area contributed by atoms with Gasteiger partial charge < -0.3 is 4.90 Å². The van der Waals surface area contributed by atoms with Gasteiger partial charge in [0.1, 0.15) is 0 Å². The first-order chi connectivity index (χ1) is 19.3. The smallest absolute Gasteiger partial charge is 0.0494 e. The molecule has 6 aromatic carbocycles. The fourth-order valence-electron chi connectivity index (χ4n) is 5.03. The molecule has 0 aliphatic rings. The lowest BCUT2D eigenvalue weighted by atomic mass is 10.1. The zero-order valence-corrected chi connectivity index (χ0v) is 22.8. The predicted octanol–water partition coefficient (Wildman–Crippen LogP) is 11.3. The van der Waals surface area contributed by atoms with Gasteiger partial charge in [0.05, 0.1) is 0 Å². The van der Waals surface area contributed by atoms with Gasteiger partial charge in [-0.05, 0) is 70.9 Å². The van der Waals surface area contributed by atoms with Gasteiger partial charge >= 0.3 is 0 Å². The van der Waals surface area contributed by atoms with Crippen LogP contribution >= 0.6 is 23.1 Å². The van der Waals surface area contributed by atoms with Crippen molar-refractivity contribution in [2.75, 3.05) is 4.90 Å². The Morgan fingerprint density at radius 3 is 1.79 bits per heavy atom. The van der Waals surface area contributed by atoms with Gasteiger partial charge in [0.2, 0.25) is 0 Å². The maximum absolute atomic E-state index is 2.31. The number of rotatable bonds is 6. The molecule has 0 saturated heterocycles. The van der Waals surface area contributed by atoms with Gasteiger partial charge in [0, 0.05) is 41.8 Å². The molecule has 7 rings (SSSR count). The third kappa shape index (κ3) is 4.72. The molecular formula is C36H25NS2. The van der Waals surface area contributed by atoms with Crippen LogP contribution in [0.2, 0.25) is 0 Å². The van der Waals surface area contributed by atoms with Crippen LogP contribution < -0.4 is 4.90 Å². The van der Waals surface area contributed by atoms with Gasteiger partial charge in [0.25, 0.3) is 0 Å². The lowest BCUT2D eigenvalue weighted by Crippen LogP contribution is -2.09. The number of hydrogen-bond acceptors (Lipinski definition) is 3. The minimum Gasteiger partial charge on any atom is -0.311 e. The van der Waals surface area contributed by atoms with E-state index < -0.39 is 0 Å². The Bertz CT molecular complexity index is 1830. The van der Waals surface area contributed by atoms with Crippen molar-refractivity contribution in [3.8, 4) is 10.4 Å². The molecule has 0 aliphatic carbocycles. The quantitative estimate of drug-likeness (QED) is 0.208. The van der Waals surface area contributed by atoms with Gasteiger partial charge in [-0.25, -0.2) is 0 Å². The van der Waals surface area contributed by atoms with Gasteiger partial charge in [-0.3, -0.25) is 0 Å². The summed E-state index contributed by atoms with van der Waals surface area (Å²) in [5, 5.41) is 3.86. The molecular weight excluding hydrogens is 511 g/mol. The van der Waals surface area contributed by atoms with Crippen molar-refractivity contribution in [1.82, 2.24) is 0 Å². The average Bonchev–Trinajstić information content (AvgIpc) is 3.37. The monoisotopic (exact) mass is 535 g/mol. The summed E-state index contributed by atoms with van der Waals surface area (Å²) in [4.78, 5) is 6.20. The van der Waals surface area contributed by atoms with Crippen molar-refractivity contribution < 1.29 is 0 Å². The largest absolute Gasteiger partial charge is 0.311 e. The molecule has 39 heavy (non-hydrogen) atoms. The number of para-hydroxylation sites is 2. The highest BCUT2D eigenvalue weighted by Gasteiger charge is 2.17. The van der Waals surface area contributed by atoms with E-state index in [0.717, 1.165) is 17.1 Å². The van der Waals surface area contributed by atoms with Crippen molar-refractivity contribution in [3.05, 3.63) is 152 Å². The molecule has 0 unspecified atom stereocenters. The Kier molecular flexibility index (Phi) is 6.37. The fraction of sp³-hybridized carbons (Fsp3) is 0. The standard InChI is InChI=1S/C36H25NS2/c1-3-13-29(14-4-1)37(30-15-5-2-6-16-30)31-22-19-27(20-23-31)35-36(33-17-9-10-18-34(33)39-35)38-32-24-21-26-11-7-8-12-28(26)25-32/h1-25H. The Morgan fingerprint density at radius 1 is 0.487 bits per heavy atom. The zero-order chi connectivity index (χ0) is 26.0. The molecule has 0 bridgehead atoms. The van der Waals surface area contributed by atoms with Crippen LogP contribution in [0, 0.1) is 0 Å². The summed E-state index contributed by atoms with van der Waals surface area (Å²) in [7, 11) is 0. The molecule has 0 N–H and O–H groups in total.